The Morgan fingerprint density at radius 1 is 0.889 bits per heavy atom. The fourth-order valence-corrected chi connectivity index (χ4v) is 3.25. The highest BCUT2D eigenvalue weighted by molar-refractivity contribution is 5.84. The van der Waals surface area contributed by atoms with E-state index in [1.165, 1.54) is 0 Å². The van der Waals surface area contributed by atoms with Crippen LogP contribution in [0.5, 0.6) is 0 Å². The first-order valence-corrected chi connectivity index (χ1v) is 7.03. The van der Waals surface area contributed by atoms with Crippen molar-refractivity contribution in [3.05, 3.63) is 0 Å². The van der Waals surface area contributed by atoms with Gasteiger partial charge in [0.1, 0.15) is 5.78 Å². The van der Waals surface area contributed by atoms with Gasteiger partial charge in [-0.15, -0.1) is 0 Å². The molecule has 102 valence electrons. The number of piperidine rings is 1. The van der Waals surface area contributed by atoms with Crippen molar-refractivity contribution in [2.24, 2.45) is 17.8 Å². The fourth-order valence-electron chi connectivity index (χ4n) is 3.25. The van der Waals surface area contributed by atoms with E-state index in [0.29, 0.717) is 18.6 Å². The van der Waals surface area contributed by atoms with Crippen molar-refractivity contribution in [1.29, 1.82) is 0 Å². The van der Waals surface area contributed by atoms with E-state index in [9.17, 15) is 9.59 Å². The second kappa shape index (κ2) is 5.83. The summed E-state index contributed by atoms with van der Waals surface area (Å²) in [7, 11) is 2.10. The highest BCUT2D eigenvalue weighted by atomic mass is 16.4. The molecule has 0 radical (unpaired) electrons. The quantitative estimate of drug-likeness (QED) is 0.833. The lowest BCUT2D eigenvalue weighted by atomic mass is 9.75. The van der Waals surface area contributed by atoms with Crippen molar-refractivity contribution in [2.45, 2.75) is 38.5 Å². The predicted molar refractivity (Wildman–Crippen MR) is 68.3 cm³/mol. The summed E-state index contributed by atoms with van der Waals surface area (Å²) in [4.78, 5) is 25.5. The summed E-state index contributed by atoms with van der Waals surface area (Å²) in [6.07, 6.45) is 4.88. The van der Waals surface area contributed by atoms with Gasteiger partial charge in [0.2, 0.25) is 0 Å². The van der Waals surface area contributed by atoms with Crippen LogP contribution < -0.4 is 0 Å². The first-order valence-electron chi connectivity index (χ1n) is 7.03. The Kier molecular flexibility index (Phi) is 4.38. The number of hydrogen-bond donors (Lipinski definition) is 1. The normalized spacial score (nSPS) is 31.2. The molecule has 4 nitrogen and oxygen atoms in total. The molecule has 0 aromatic carbocycles. The summed E-state index contributed by atoms with van der Waals surface area (Å²) in [6.45, 7) is 2.03. The Bertz CT molecular complexity index is 313. The van der Waals surface area contributed by atoms with Gasteiger partial charge in [0.15, 0.2) is 0 Å². The third-order valence-electron chi connectivity index (χ3n) is 4.60. The molecule has 0 amide bonds. The molecule has 1 N–H and O–H groups in total. The maximum Gasteiger partial charge on any atom is 0.306 e. The number of likely N-dealkylation sites (tertiary alicyclic amines) is 1. The number of aliphatic carboxylic acids is 1. The fraction of sp³-hybridized carbons (Fsp3) is 0.857. The first kappa shape index (κ1) is 13.5. The molecule has 1 aliphatic heterocycles. The van der Waals surface area contributed by atoms with E-state index in [0.717, 1.165) is 38.8 Å². The van der Waals surface area contributed by atoms with Crippen molar-refractivity contribution in [3.63, 3.8) is 0 Å². The van der Waals surface area contributed by atoms with Gasteiger partial charge in [0.25, 0.3) is 0 Å². The van der Waals surface area contributed by atoms with Crippen molar-refractivity contribution < 1.29 is 14.7 Å². The van der Waals surface area contributed by atoms with Crippen molar-refractivity contribution in [2.75, 3.05) is 20.1 Å². The Morgan fingerprint density at radius 2 is 1.33 bits per heavy atom. The molecule has 0 bridgehead atoms. The standard InChI is InChI=1S/C14H23NO3/c1-15-8-6-11(7-9-15)13(16)10-2-4-12(5-3-10)14(17)18/h10-12H,2-9H2,1H3,(H,17,18). The van der Waals surface area contributed by atoms with Gasteiger partial charge in [-0.2, -0.15) is 0 Å². The van der Waals surface area contributed by atoms with Gasteiger partial charge in [0, 0.05) is 11.8 Å². The van der Waals surface area contributed by atoms with Gasteiger partial charge in [-0.1, -0.05) is 0 Å². The zero-order chi connectivity index (χ0) is 13.1. The SMILES string of the molecule is CN1CCC(C(=O)C2CCC(C(=O)O)CC2)CC1. The van der Waals surface area contributed by atoms with Crippen LogP contribution in [-0.2, 0) is 9.59 Å². The number of rotatable bonds is 3. The summed E-state index contributed by atoms with van der Waals surface area (Å²) < 4.78 is 0. The minimum Gasteiger partial charge on any atom is -0.481 e. The first-order chi connectivity index (χ1) is 8.58. The zero-order valence-electron chi connectivity index (χ0n) is 11.1. The number of nitrogens with zero attached hydrogens (tertiary/aromatic N) is 1. The average Bonchev–Trinajstić information content (AvgIpc) is 2.39. The highest BCUT2D eigenvalue weighted by Crippen LogP contribution is 2.33. The highest BCUT2D eigenvalue weighted by Gasteiger charge is 2.33. The van der Waals surface area contributed by atoms with Crippen LogP contribution >= 0.6 is 0 Å². The van der Waals surface area contributed by atoms with Crippen LogP contribution in [0.3, 0.4) is 0 Å². The lowest BCUT2D eigenvalue weighted by Gasteiger charge is -2.32. The van der Waals surface area contributed by atoms with Crippen LogP contribution in [0, 0.1) is 17.8 Å². The number of ketones is 1. The van der Waals surface area contributed by atoms with E-state index in [1.54, 1.807) is 0 Å². The summed E-state index contributed by atoms with van der Waals surface area (Å²) in [5.74, 6) is -0.139. The van der Waals surface area contributed by atoms with E-state index in [2.05, 4.69) is 11.9 Å². The Hall–Kier alpha value is -0.900. The molecule has 1 saturated carbocycles. The molecule has 18 heavy (non-hydrogen) atoms. The zero-order valence-corrected chi connectivity index (χ0v) is 11.1. The lowest BCUT2D eigenvalue weighted by Crippen LogP contribution is -2.37. The Labute approximate surface area is 108 Å². The number of carbonyl (C=O) groups is 2. The molecule has 2 aliphatic rings. The minimum atomic E-state index is -0.694. The molecule has 2 rings (SSSR count). The number of carboxylic acid groups (broad SMARTS) is 1. The number of hydrogen-bond acceptors (Lipinski definition) is 3. The summed E-state index contributed by atoms with van der Waals surface area (Å²) in [5.41, 5.74) is 0. The predicted octanol–water partition coefficient (Wildman–Crippen LogP) is 1.79. The average molecular weight is 253 g/mol. The van der Waals surface area contributed by atoms with Crippen LogP contribution in [0.2, 0.25) is 0 Å². The summed E-state index contributed by atoms with van der Waals surface area (Å²) in [5, 5.41) is 8.95. The smallest absolute Gasteiger partial charge is 0.306 e. The molecule has 1 aliphatic carbocycles. The van der Waals surface area contributed by atoms with Crippen LogP contribution in [0.4, 0.5) is 0 Å². The van der Waals surface area contributed by atoms with E-state index < -0.39 is 5.97 Å². The van der Waals surface area contributed by atoms with E-state index in [-0.39, 0.29) is 17.8 Å². The maximum absolute atomic E-state index is 12.4. The second-order valence-electron chi connectivity index (χ2n) is 5.87. The molecule has 0 atom stereocenters. The van der Waals surface area contributed by atoms with Crippen molar-refractivity contribution in [1.82, 2.24) is 4.90 Å². The van der Waals surface area contributed by atoms with Crippen molar-refractivity contribution in [3.8, 4) is 0 Å². The van der Waals surface area contributed by atoms with E-state index >= 15 is 0 Å². The second-order valence-corrected chi connectivity index (χ2v) is 5.87. The summed E-state index contributed by atoms with van der Waals surface area (Å²) in [6, 6.07) is 0. The topological polar surface area (TPSA) is 57.6 Å². The lowest BCUT2D eigenvalue weighted by molar-refractivity contribution is -0.144. The third-order valence-corrected chi connectivity index (χ3v) is 4.60. The number of carbonyl (C=O) groups excluding carboxylic acids is 1. The van der Waals surface area contributed by atoms with Gasteiger partial charge in [-0.05, 0) is 58.7 Å². The molecule has 2 fully saturated rings. The van der Waals surface area contributed by atoms with Gasteiger partial charge in [0.05, 0.1) is 5.92 Å². The molecular weight excluding hydrogens is 230 g/mol. The summed E-state index contributed by atoms with van der Waals surface area (Å²) >= 11 is 0. The van der Waals surface area contributed by atoms with Crippen molar-refractivity contribution >= 4 is 11.8 Å². The van der Waals surface area contributed by atoms with Gasteiger partial charge >= 0.3 is 5.97 Å². The molecule has 4 heteroatoms. The van der Waals surface area contributed by atoms with Gasteiger partial charge in [-0.25, -0.2) is 0 Å². The third kappa shape index (κ3) is 3.10. The van der Waals surface area contributed by atoms with Crippen LogP contribution in [0.15, 0.2) is 0 Å². The molecule has 1 saturated heterocycles. The largest absolute Gasteiger partial charge is 0.481 e. The molecular formula is C14H23NO3. The van der Waals surface area contributed by atoms with Crippen LogP contribution in [-0.4, -0.2) is 41.9 Å². The monoisotopic (exact) mass is 253 g/mol. The van der Waals surface area contributed by atoms with Crippen LogP contribution in [0.1, 0.15) is 38.5 Å². The van der Waals surface area contributed by atoms with Crippen LogP contribution in [0.25, 0.3) is 0 Å². The molecule has 1 heterocycles. The Morgan fingerprint density at radius 3 is 1.83 bits per heavy atom. The molecule has 0 aromatic heterocycles. The maximum atomic E-state index is 12.4. The van der Waals surface area contributed by atoms with Gasteiger partial charge in [-0.3, -0.25) is 9.59 Å². The number of Topliss-reactive ketones (excluding diaryl/α,β-unsaturated/α-hetero) is 1. The number of carboxylic acids is 1. The van der Waals surface area contributed by atoms with E-state index in [4.69, 9.17) is 5.11 Å². The van der Waals surface area contributed by atoms with Gasteiger partial charge < -0.3 is 10.0 Å². The molecule has 0 unspecified atom stereocenters. The minimum absolute atomic E-state index is 0.133. The Balaban J connectivity index is 1.82. The van der Waals surface area contributed by atoms with E-state index in [1.807, 2.05) is 0 Å². The molecule has 0 spiro atoms. The molecule has 0 aromatic rings.